The molecule has 0 saturated carbocycles. The zero-order valence-corrected chi connectivity index (χ0v) is 15.3. The van der Waals surface area contributed by atoms with Gasteiger partial charge in [0.2, 0.25) is 0 Å². The lowest BCUT2D eigenvalue weighted by Crippen LogP contribution is -2.52. The molecule has 4 N–H and O–H groups in total. The van der Waals surface area contributed by atoms with Crippen molar-refractivity contribution in [2.24, 2.45) is 5.73 Å². The molecule has 1 saturated heterocycles. The fraction of sp³-hybridized carbons (Fsp3) is 0.316. The number of anilines is 2. The van der Waals surface area contributed by atoms with Crippen molar-refractivity contribution in [1.82, 2.24) is 14.6 Å². The van der Waals surface area contributed by atoms with E-state index in [4.69, 9.17) is 5.73 Å². The molecule has 1 aromatic carbocycles. The van der Waals surface area contributed by atoms with E-state index < -0.39 is 5.97 Å². The normalized spacial score (nSPS) is 17.4. The number of nitrogens with one attached hydrogen (secondary N) is 1. The zero-order valence-electron chi connectivity index (χ0n) is 15.3. The van der Waals surface area contributed by atoms with Gasteiger partial charge in [-0.15, -0.1) is 0 Å². The number of carboxylic acids is 1. The number of nitrogens with zero attached hydrogens (tertiary/aromatic N) is 4. The van der Waals surface area contributed by atoms with E-state index in [-0.39, 0.29) is 29.1 Å². The van der Waals surface area contributed by atoms with Crippen molar-refractivity contribution in [3.8, 4) is 0 Å². The summed E-state index contributed by atoms with van der Waals surface area (Å²) in [6.45, 7) is 3.35. The summed E-state index contributed by atoms with van der Waals surface area (Å²) >= 11 is 0. The van der Waals surface area contributed by atoms with Crippen molar-refractivity contribution in [2.75, 3.05) is 23.3 Å². The van der Waals surface area contributed by atoms with Crippen LogP contribution in [-0.4, -0.2) is 44.8 Å². The maximum atomic E-state index is 14.0. The van der Waals surface area contributed by atoms with E-state index in [1.165, 1.54) is 22.8 Å². The SMILES string of the molecule is C[C@@H](Nc1ccn2ncc(C(=O)O)c2n1)c1cc(F)ccc1N1CCC1CN. The van der Waals surface area contributed by atoms with Crippen molar-refractivity contribution in [2.45, 2.75) is 25.4 Å². The Kier molecular flexibility index (Phi) is 4.60. The molecule has 146 valence electrons. The molecule has 28 heavy (non-hydrogen) atoms. The van der Waals surface area contributed by atoms with E-state index in [1.54, 1.807) is 18.3 Å². The average Bonchev–Trinajstić information content (AvgIpc) is 3.06. The second-order valence-electron chi connectivity index (χ2n) is 6.89. The van der Waals surface area contributed by atoms with Crippen LogP contribution in [0.4, 0.5) is 15.9 Å². The smallest absolute Gasteiger partial charge is 0.341 e. The van der Waals surface area contributed by atoms with Gasteiger partial charge in [0.15, 0.2) is 5.65 Å². The lowest BCUT2D eigenvalue weighted by Gasteiger charge is -2.43. The topological polar surface area (TPSA) is 109 Å². The second kappa shape index (κ2) is 7.08. The second-order valence-corrected chi connectivity index (χ2v) is 6.89. The summed E-state index contributed by atoms with van der Waals surface area (Å²) in [5.74, 6) is -0.924. The summed E-state index contributed by atoms with van der Waals surface area (Å²) in [5.41, 5.74) is 7.83. The Labute approximate surface area is 160 Å². The first kappa shape index (κ1) is 18.2. The zero-order chi connectivity index (χ0) is 19.8. The minimum atomic E-state index is -1.09. The molecule has 2 aromatic heterocycles. The van der Waals surface area contributed by atoms with Crippen LogP contribution in [0.5, 0.6) is 0 Å². The molecule has 2 atom stereocenters. The Balaban J connectivity index is 1.64. The van der Waals surface area contributed by atoms with E-state index in [0.29, 0.717) is 12.4 Å². The maximum Gasteiger partial charge on any atom is 0.341 e. The molecule has 0 aliphatic carbocycles. The molecular formula is C19H21FN6O2. The molecule has 0 spiro atoms. The Morgan fingerprint density at radius 3 is 2.96 bits per heavy atom. The molecule has 3 aromatic rings. The van der Waals surface area contributed by atoms with Crippen LogP contribution in [0.3, 0.4) is 0 Å². The highest BCUT2D eigenvalue weighted by molar-refractivity contribution is 5.94. The minimum Gasteiger partial charge on any atom is -0.477 e. The Morgan fingerprint density at radius 1 is 1.46 bits per heavy atom. The highest BCUT2D eigenvalue weighted by Gasteiger charge is 2.29. The van der Waals surface area contributed by atoms with Crippen LogP contribution < -0.4 is 16.0 Å². The highest BCUT2D eigenvalue weighted by Crippen LogP contribution is 2.34. The summed E-state index contributed by atoms with van der Waals surface area (Å²) in [7, 11) is 0. The molecule has 4 rings (SSSR count). The summed E-state index contributed by atoms with van der Waals surface area (Å²) in [6, 6.07) is 6.45. The molecule has 1 aliphatic rings. The molecule has 1 fully saturated rings. The summed E-state index contributed by atoms with van der Waals surface area (Å²) in [4.78, 5) is 17.9. The third-order valence-electron chi connectivity index (χ3n) is 5.15. The molecule has 0 amide bonds. The van der Waals surface area contributed by atoms with Crippen LogP contribution in [0.2, 0.25) is 0 Å². The number of nitrogens with two attached hydrogens (primary N) is 1. The fourth-order valence-corrected chi connectivity index (χ4v) is 3.54. The molecule has 9 heteroatoms. The van der Waals surface area contributed by atoms with E-state index in [1.807, 2.05) is 6.92 Å². The number of carboxylic acid groups (broad SMARTS) is 1. The maximum absolute atomic E-state index is 14.0. The number of aromatic carboxylic acids is 1. The van der Waals surface area contributed by atoms with Crippen LogP contribution >= 0.6 is 0 Å². The minimum absolute atomic E-state index is 0.0223. The van der Waals surface area contributed by atoms with Gasteiger partial charge in [0.25, 0.3) is 0 Å². The summed E-state index contributed by atoms with van der Waals surface area (Å²) in [5, 5.41) is 16.5. The summed E-state index contributed by atoms with van der Waals surface area (Å²) < 4.78 is 15.4. The van der Waals surface area contributed by atoms with Gasteiger partial charge in [-0.25, -0.2) is 18.7 Å². The van der Waals surface area contributed by atoms with Gasteiger partial charge in [-0.2, -0.15) is 5.10 Å². The van der Waals surface area contributed by atoms with Crippen LogP contribution in [-0.2, 0) is 0 Å². The van der Waals surface area contributed by atoms with Crippen LogP contribution in [0, 0.1) is 5.82 Å². The fourth-order valence-electron chi connectivity index (χ4n) is 3.54. The third-order valence-corrected chi connectivity index (χ3v) is 5.15. The predicted octanol–water partition coefficient (Wildman–Crippen LogP) is 2.28. The van der Waals surface area contributed by atoms with Crippen LogP contribution in [0.15, 0.2) is 36.7 Å². The quantitative estimate of drug-likeness (QED) is 0.598. The van der Waals surface area contributed by atoms with E-state index >= 15 is 0 Å². The van der Waals surface area contributed by atoms with Crippen molar-refractivity contribution in [1.29, 1.82) is 0 Å². The lowest BCUT2D eigenvalue weighted by atomic mass is 9.97. The number of rotatable bonds is 6. The number of halogens is 1. The molecule has 0 radical (unpaired) electrons. The van der Waals surface area contributed by atoms with Gasteiger partial charge in [0.05, 0.1) is 12.2 Å². The Morgan fingerprint density at radius 2 is 2.29 bits per heavy atom. The lowest BCUT2D eigenvalue weighted by molar-refractivity contribution is 0.0698. The Bertz CT molecular complexity index is 1030. The van der Waals surface area contributed by atoms with Gasteiger partial charge in [-0.3, -0.25) is 0 Å². The van der Waals surface area contributed by atoms with E-state index in [9.17, 15) is 14.3 Å². The first-order valence-corrected chi connectivity index (χ1v) is 9.08. The molecule has 1 aliphatic heterocycles. The third kappa shape index (κ3) is 3.13. The number of carbonyl (C=O) groups is 1. The molecule has 1 unspecified atom stereocenters. The number of fused-ring (bicyclic) bond motifs is 1. The van der Waals surface area contributed by atoms with Gasteiger partial charge in [-0.1, -0.05) is 0 Å². The van der Waals surface area contributed by atoms with Crippen LogP contribution in [0.1, 0.15) is 35.3 Å². The highest BCUT2D eigenvalue weighted by atomic mass is 19.1. The van der Waals surface area contributed by atoms with Gasteiger partial charge in [0, 0.05) is 36.6 Å². The molecule has 0 bridgehead atoms. The number of aromatic nitrogens is 3. The Hall–Kier alpha value is -3.20. The van der Waals surface area contributed by atoms with Gasteiger partial charge in [0.1, 0.15) is 17.2 Å². The van der Waals surface area contributed by atoms with Crippen molar-refractivity contribution < 1.29 is 14.3 Å². The number of hydrogen-bond donors (Lipinski definition) is 3. The standard InChI is InChI=1S/C19H21FN6O2/c1-11(14-8-12(20)2-3-16(14)25-6-4-13(25)9-21)23-17-5-7-26-18(24-17)15(10-22-26)19(27)28/h2-3,5,7-8,10-11,13H,4,6,9,21H2,1H3,(H,23,24)(H,27,28)/t11-,13?/m1/s1. The van der Waals surface area contributed by atoms with Crippen molar-refractivity contribution in [3.05, 3.63) is 53.6 Å². The largest absolute Gasteiger partial charge is 0.477 e. The first-order chi connectivity index (χ1) is 13.5. The molecule has 3 heterocycles. The monoisotopic (exact) mass is 384 g/mol. The van der Waals surface area contributed by atoms with E-state index in [2.05, 4.69) is 20.3 Å². The molecular weight excluding hydrogens is 363 g/mol. The summed E-state index contributed by atoms with van der Waals surface area (Å²) in [6.07, 6.45) is 3.92. The number of hydrogen-bond acceptors (Lipinski definition) is 6. The van der Waals surface area contributed by atoms with Gasteiger partial charge < -0.3 is 21.1 Å². The van der Waals surface area contributed by atoms with Gasteiger partial charge in [-0.05, 0) is 37.6 Å². The van der Waals surface area contributed by atoms with E-state index in [0.717, 1.165) is 24.2 Å². The van der Waals surface area contributed by atoms with Crippen molar-refractivity contribution >= 4 is 23.1 Å². The van der Waals surface area contributed by atoms with Crippen molar-refractivity contribution in [3.63, 3.8) is 0 Å². The predicted molar refractivity (Wildman–Crippen MR) is 103 cm³/mol. The van der Waals surface area contributed by atoms with Crippen LogP contribution in [0.25, 0.3) is 5.65 Å². The van der Waals surface area contributed by atoms with Gasteiger partial charge >= 0.3 is 5.97 Å². The number of benzene rings is 1. The average molecular weight is 384 g/mol. The first-order valence-electron chi connectivity index (χ1n) is 9.08. The molecule has 8 nitrogen and oxygen atoms in total.